The van der Waals surface area contributed by atoms with Crippen LogP contribution in [0.4, 0.5) is 0 Å². The second-order valence-electron chi connectivity index (χ2n) is 4.20. The van der Waals surface area contributed by atoms with Crippen molar-refractivity contribution >= 4 is 5.97 Å². The molecular weight excluding hydrogens is 178 g/mol. The lowest BCUT2D eigenvalue weighted by molar-refractivity contribution is -0.142. The van der Waals surface area contributed by atoms with E-state index in [0.717, 1.165) is 12.8 Å². The summed E-state index contributed by atoms with van der Waals surface area (Å²) in [6, 6.07) is 0.189. The quantitative estimate of drug-likeness (QED) is 0.690. The van der Waals surface area contributed by atoms with Crippen LogP contribution < -0.4 is 5.73 Å². The highest BCUT2D eigenvalue weighted by Gasteiger charge is 2.22. The van der Waals surface area contributed by atoms with Crippen LogP contribution in [0, 0.1) is 5.92 Å². The van der Waals surface area contributed by atoms with Crippen molar-refractivity contribution in [2.75, 3.05) is 7.11 Å². The predicted octanol–water partition coefficient (Wildman–Crippen LogP) is 1.85. The van der Waals surface area contributed by atoms with Gasteiger partial charge < -0.3 is 10.5 Å². The molecule has 82 valence electrons. The third-order valence-corrected chi connectivity index (χ3v) is 3.12. The zero-order valence-corrected chi connectivity index (χ0v) is 9.00. The molecule has 0 amide bonds. The number of esters is 1. The van der Waals surface area contributed by atoms with Crippen molar-refractivity contribution in [2.45, 2.75) is 51.0 Å². The number of carbonyl (C=O) groups is 1. The minimum atomic E-state index is -0.119. The molecule has 1 fully saturated rings. The average molecular weight is 199 g/mol. The normalized spacial score (nSPS) is 29.0. The van der Waals surface area contributed by atoms with Crippen LogP contribution in [-0.4, -0.2) is 19.1 Å². The van der Waals surface area contributed by atoms with Gasteiger partial charge in [-0.15, -0.1) is 0 Å². The van der Waals surface area contributed by atoms with Gasteiger partial charge in [-0.25, -0.2) is 0 Å². The molecule has 0 heterocycles. The summed E-state index contributed by atoms with van der Waals surface area (Å²) in [5.41, 5.74) is 6.04. The monoisotopic (exact) mass is 199 g/mol. The first kappa shape index (κ1) is 11.5. The molecule has 1 aliphatic carbocycles. The van der Waals surface area contributed by atoms with Crippen LogP contribution in [0.1, 0.15) is 44.9 Å². The van der Waals surface area contributed by atoms with Gasteiger partial charge in [-0.05, 0) is 18.8 Å². The minimum absolute atomic E-state index is 0.119. The summed E-state index contributed by atoms with van der Waals surface area (Å²) in [5.74, 6) is 0.216. The number of rotatable bonds is 2. The van der Waals surface area contributed by atoms with E-state index >= 15 is 0 Å². The van der Waals surface area contributed by atoms with Crippen LogP contribution in [0.25, 0.3) is 0 Å². The van der Waals surface area contributed by atoms with E-state index < -0.39 is 0 Å². The van der Waals surface area contributed by atoms with Gasteiger partial charge in [0.15, 0.2) is 0 Å². The number of hydrogen-bond donors (Lipinski definition) is 1. The molecule has 1 rings (SSSR count). The van der Waals surface area contributed by atoms with Gasteiger partial charge in [0, 0.05) is 12.5 Å². The molecule has 0 radical (unpaired) electrons. The Kier molecular flexibility index (Phi) is 4.94. The van der Waals surface area contributed by atoms with Crippen molar-refractivity contribution in [3.05, 3.63) is 0 Å². The second kappa shape index (κ2) is 6.02. The molecule has 0 spiro atoms. The number of nitrogens with two attached hydrogens (primary N) is 1. The smallest absolute Gasteiger partial charge is 0.305 e. The average Bonchev–Trinajstić information content (AvgIpc) is 2.17. The van der Waals surface area contributed by atoms with Gasteiger partial charge in [-0.3, -0.25) is 4.79 Å². The summed E-state index contributed by atoms with van der Waals surface area (Å²) in [5, 5.41) is 0. The van der Waals surface area contributed by atoms with Gasteiger partial charge in [0.2, 0.25) is 0 Å². The van der Waals surface area contributed by atoms with Crippen LogP contribution in [-0.2, 0) is 9.53 Å². The minimum Gasteiger partial charge on any atom is -0.469 e. The van der Waals surface area contributed by atoms with E-state index in [1.807, 2.05) is 0 Å². The molecule has 14 heavy (non-hydrogen) atoms. The van der Waals surface area contributed by atoms with Crippen molar-refractivity contribution in [3.63, 3.8) is 0 Å². The Morgan fingerprint density at radius 1 is 1.29 bits per heavy atom. The van der Waals surface area contributed by atoms with Crippen molar-refractivity contribution in [1.82, 2.24) is 0 Å². The van der Waals surface area contributed by atoms with Crippen LogP contribution in [0.5, 0.6) is 0 Å². The van der Waals surface area contributed by atoms with Crippen LogP contribution in [0.2, 0.25) is 0 Å². The molecule has 0 aliphatic heterocycles. The van der Waals surface area contributed by atoms with Crippen molar-refractivity contribution < 1.29 is 9.53 Å². The van der Waals surface area contributed by atoms with E-state index in [0.29, 0.717) is 12.3 Å². The maximum Gasteiger partial charge on any atom is 0.305 e. The Morgan fingerprint density at radius 2 is 1.93 bits per heavy atom. The highest BCUT2D eigenvalue weighted by molar-refractivity contribution is 5.69. The Labute approximate surface area is 86.0 Å². The molecule has 0 bridgehead atoms. The van der Waals surface area contributed by atoms with Crippen LogP contribution in [0.15, 0.2) is 0 Å². The first-order valence-electron chi connectivity index (χ1n) is 5.56. The van der Waals surface area contributed by atoms with Gasteiger partial charge in [0.25, 0.3) is 0 Å². The largest absolute Gasteiger partial charge is 0.469 e. The molecule has 0 aromatic carbocycles. The fraction of sp³-hybridized carbons (Fsp3) is 0.909. The van der Waals surface area contributed by atoms with Gasteiger partial charge in [0.1, 0.15) is 0 Å². The second-order valence-corrected chi connectivity index (χ2v) is 4.20. The van der Waals surface area contributed by atoms with Gasteiger partial charge >= 0.3 is 5.97 Å². The zero-order chi connectivity index (χ0) is 10.4. The Morgan fingerprint density at radius 3 is 2.57 bits per heavy atom. The van der Waals surface area contributed by atoms with Crippen LogP contribution in [0.3, 0.4) is 0 Å². The molecule has 2 atom stereocenters. The molecule has 3 heteroatoms. The van der Waals surface area contributed by atoms with E-state index in [2.05, 4.69) is 4.74 Å². The summed E-state index contributed by atoms with van der Waals surface area (Å²) < 4.78 is 4.68. The lowest BCUT2D eigenvalue weighted by atomic mass is 9.85. The molecule has 0 aromatic rings. The highest BCUT2D eigenvalue weighted by Crippen LogP contribution is 2.24. The summed E-state index contributed by atoms with van der Waals surface area (Å²) in [7, 11) is 1.44. The Hall–Kier alpha value is -0.570. The Balaban J connectivity index is 2.40. The van der Waals surface area contributed by atoms with Crippen molar-refractivity contribution in [3.8, 4) is 0 Å². The fourth-order valence-electron chi connectivity index (χ4n) is 2.14. The molecular formula is C11H21NO2. The predicted molar refractivity (Wildman–Crippen MR) is 55.8 cm³/mol. The molecule has 0 aromatic heterocycles. The molecule has 0 saturated heterocycles. The van der Waals surface area contributed by atoms with Crippen LogP contribution >= 0.6 is 0 Å². The van der Waals surface area contributed by atoms with Gasteiger partial charge in [-0.1, -0.05) is 25.7 Å². The summed E-state index contributed by atoms with van der Waals surface area (Å²) in [4.78, 5) is 11.1. The summed E-state index contributed by atoms with van der Waals surface area (Å²) in [6.07, 6.45) is 7.62. The lowest BCUT2D eigenvalue weighted by Crippen LogP contribution is -2.32. The third kappa shape index (κ3) is 3.66. The maximum atomic E-state index is 11.1. The number of ether oxygens (including phenoxy) is 1. The topological polar surface area (TPSA) is 52.3 Å². The van der Waals surface area contributed by atoms with Crippen molar-refractivity contribution in [2.24, 2.45) is 11.7 Å². The molecule has 1 aliphatic rings. The van der Waals surface area contributed by atoms with E-state index in [9.17, 15) is 4.79 Å². The van der Waals surface area contributed by atoms with Gasteiger partial charge in [0.05, 0.1) is 7.11 Å². The van der Waals surface area contributed by atoms with E-state index in [-0.39, 0.29) is 12.0 Å². The van der Waals surface area contributed by atoms with E-state index in [1.165, 1.54) is 32.8 Å². The molecule has 3 nitrogen and oxygen atoms in total. The first-order valence-corrected chi connectivity index (χ1v) is 5.56. The SMILES string of the molecule is COC(=O)CC1CCCCCCC1N. The third-order valence-electron chi connectivity index (χ3n) is 3.12. The summed E-state index contributed by atoms with van der Waals surface area (Å²) >= 11 is 0. The van der Waals surface area contributed by atoms with Crippen molar-refractivity contribution in [1.29, 1.82) is 0 Å². The molecule has 2 unspecified atom stereocenters. The lowest BCUT2D eigenvalue weighted by Gasteiger charge is -2.25. The standard InChI is InChI=1S/C11H21NO2/c1-14-11(13)8-9-6-4-2-3-5-7-10(9)12/h9-10H,2-8,12H2,1H3. The zero-order valence-electron chi connectivity index (χ0n) is 9.00. The fourth-order valence-corrected chi connectivity index (χ4v) is 2.14. The molecule has 2 N–H and O–H groups in total. The Bertz CT molecular complexity index is 182. The maximum absolute atomic E-state index is 11.1. The van der Waals surface area contributed by atoms with Gasteiger partial charge in [-0.2, -0.15) is 0 Å². The summed E-state index contributed by atoms with van der Waals surface area (Å²) in [6.45, 7) is 0. The van der Waals surface area contributed by atoms with E-state index in [1.54, 1.807) is 0 Å². The van der Waals surface area contributed by atoms with E-state index in [4.69, 9.17) is 5.73 Å². The number of carbonyl (C=O) groups excluding carboxylic acids is 1. The highest BCUT2D eigenvalue weighted by atomic mass is 16.5. The first-order chi connectivity index (χ1) is 6.74. The number of hydrogen-bond acceptors (Lipinski definition) is 3. The molecule has 1 saturated carbocycles. The number of methoxy groups -OCH3 is 1.